The number of H-pyrrole nitrogens is 2. The van der Waals surface area contributed by atoms with E-state index in [2.05, 4.69) is 31.2 Å². The largest absolute Gasteiger partial charge is 0.435 e. The molecule has 0 radical (unpaired) electrons. The van der Waals surface area contributed by atoms with Crippen molar-refractivity contribution in [2.24, 2.45) is 0 Å². The molecule has 2 aromatic heterocycles. The van der Waals surface area contributed by atoms with Gasteiger partial charge in [0.1, 0.15) is 6.07 Å². The highest BCUT2D eigenvalue weighted by molar-refractivity contribution is 9.10. The van der Waals surface area contributed by atoms with Gasteiger partial charge in [-0.15, -0.1) is 10.2 Å². The second kappa shape index (κ2) is 7.79. The Morgan fingerprint density at radius 1 is 1.36 bits per heavy atom. The zero-order valence-electron chi connectivity index (χ0n) is 15.7. The van der Waals surface area contributed by atoms with Crippen LogP contribution in [0.25, 0.3) is 5.69 Å². The van der Waals surface area contributed by atoms with Gasteiger partial charge in [0.05, 0.1) is 15.2 Å². The van der Waals surface area contributed by atoms with Crippen LogP contribution in [0, 0.1) is 11.3 Å². The molecule has 0 amide bonds. The molecule has 3 rings (SSSR count). The van der Waals surface area contributed by atoms with Crippen molar-refractivity contribution in [1.82, 2.24) is 25.0 Å². The minimum atomic E-state index is -1.24. The topological polar surface area (TPSA) is 147 Å². The number of benzene rings is 1. The maximum absolute atomic E-state index is 12.0. The van der Waals surface area contributed by atoms with Gasteiger partial charge in [0, 0.05) is 14.4 Å². The number of aryl methyl sites for hydroxylation is 1. The highest BCUT2D eigenvalue weighted by Crippen LogP contribution is 2.37. The predicted octanol–water partition coefficient (Wildman–Crippen LogP) is 1.65. The molecule has 1 aromatic carbocycles. The number of rotatable bonds is 4. The average molecular weight is 468 g/mol. The minimum Gasteiger partial charge on any atom is -0.435 e. The van der Waals surface area contributed by atoms with Gasteiger partial charge in [-0.25, -0.2) is 9.89 Å². The van der Waals surface area contributed by atoms with E-state index >= 15 is 0 Å². The molecule has 0 atom stereocenters. The predicted molar refractivity (Wildman–Crippen MR) is 102 cm³/mol. The van der Waals surface area contributed by atoms with Gasteiger partial charge in [-0.2, -0.15) is 9.94 Å². The van der Waals surface area contributed by atoms with Crippen LogP contribution >= 0.6 is 27.5 Å². The van der Waals surface area contributed by atoms with E-state index < -0.39 is 29.4 Å². The number of aromatic amines is 2. The molecular weight excluding hydrogens is 456 g/mol. The summed E-state index contributed by atoms with van der Waals surface area (Å²) in [5.74, 6) is 0.0592. The number of ether oxygens (including phenoxy) is 1. The molecule has 12 heteroatoms. The number of nitrogens with one attached hydrogen (secondary N) is 2. The van der Waals surface area contributed by atoms with Gasteiger partial charge in [-0.1, -0.05) is 18.5 Å². The Kier molecular flexibility index (Phi) is 4.71. The lowest BCUT2D eigenvalue weighted by atomic mass is 10.2. The van der Waals surface area contributed by atoms with Crippen LogP contribution in [0.15, 0.2) is 37.1 Å². The van der Waals surface area contributed by atoms with Gasteiger partial charge < -0.3 is 4.74 Å². The van der Waals surface area contributed by atoms with Gasteiger partial charge in [0.2, 0.25) is 11.6 Å². The Balaban J connectivity index is 2.01. The Hall–Kier alpha value is -3.23. The van der Waals surface area contributed by atoms with E-state index in [0.717, 1.165) is 4.68 Å². The summed E-state index contributed by atoms with van der Waals surface area (Å²) in [4.78, 5) is 37.3. The first kappa shape index (κ1) is 16.9. The van der Waals surface area contributed by atoms with Crippen LogP contribution < -0.4 is 21.5 Å². The van der Waals surface area contributed by atoms with Crippen molar-refractivity contribution < 1.29 is 7.48 Å². The molecule has 0 bridgehead atoms. The summed E-state index contributed by atoms with van der Waals surface area (Å²) in [6, 6.07) is 5.59. The maximum Gasteiger partial charge on any atom is 0.349 e. The summed E-state index contributed by atoms with van der Waals surface area (Å²) in [5, 5.41) is 18.6. The van der Waals surface area contributed by atoms with Gasteiger partial charge in [0.15, 0.2) is 5.75 Å². The summed E-state index contributed by atoms with van der Waals surface area (Å²) < 4.78 is 21.2. The van der Waals surface area contributed by atoms with Gasteiger partial charge in [0.25, 0.3) is 11.1 Å². The SMILES string of the molecule is [2H]C([2H])Cc1cc(Oc2c(Cl)cc(-n3nc(C#N)c(=O)[nH]c3=O)cc2Br)n[nH]c1=O. The second-order valence-corrected chi connectivity index (χ2v) is 6.50. The van der Waals surface area contributed by atoms with Crippen LogP contribution in [0.4, 0.5) is 0 Å². The first-order valence-electron chi connectivity index (χ1n) is 8.59. The third-order valence-corrected chi connectivity index (χ3v) is 4.31. The molecule has 0 fully saturated rings. The van der Waals surface area contributed by atoms with Crippen LogP contribution in [0.5, 0.6) is 11.6 Å². The third kappa shape index (κ3) is 3.73. The molecule has 142 valence electrons. The van der Waals surface area contributed by atoms with Crippen LogP contribution in [0.3, 0.4) is 0 Å². The molecule has 0 saturated carbocycles. The Labute approximate surface area is 172 Å². The second-order valence-electron chi connectivity index (χ2n) is 5.24. The van der Waals surface area contributed by atoms with E-state index in [1.807, 2.05) is 4.98 Å². The Morgan fingerprint density at radius 2 is 2.14 bits per heavy atom. The van der Waals surface area contributed by atoms with E-state index in [0.29, 0.717) is 0 Å². The molecular formula is C16H10BrClN6O4. The van der Waals surface area contributed by atoms with Crippen molar-refractivity contribution >= 4 is 27.5 Å². The number of hydrogen-bond donors (Lipinski definition) is 2. The highest BCUT2D eigenvalue weighted by atomic mass is 79.9. The molecule has 3 aromatic rings. The number of nitrogens with zero attached hydrogens (tertiary/aromatic N) is 4. The molecule has 0 saturated heterocycles. The molecule has 28 heavy (non-hydrogen) atoms. The van der Waals surface area contributed by atoms with Gasteiger partial charge in [-0.05, 0) is 34.5 Å². The number of hydrogen-bond acceptors (Lipinski definition) is 7. The Bertz CT molecular complexity index is 1320. The van der Waals surface area contributed by atoms with E-state index in [9.17, 15) is 14.4 Å². The van der Waals surface area contributed by atoms with Crippen LogP contribution in [0.2, 0.25) is 5.02 Å². The summed E-state index contributed by atoms with van der Waals surface area (Å²) in [6.07, 6.45) is -0.121. The lowest BCUT2D eigenvalue weighted by molar-refractivity contribution is 0.450. The standard InChI is InChI=1S/C16H10BrClN6O4/c1-2-7-3-12(21-22-14(7)25)28-13-9(17)4-8(5-10(13)18)24-16(27)20-15(26)11(6-19)23-24/h3-5H,2H2,1H3,(H,22,25)(H,20,26,27)/i1D2. The monoisotopic (exact) mass is 466 g/mol. The maximum atomic E-state index is 12.0. The molecule has 10 nitrogen and oxygen atoms in total. The average Bonchev–Trinajstić information content (AvgIpc) is 2.66. The normalized spacial score (nSPS) is 11.6. The van der Waals surface area contributed by atoms with Crippen LogP contribution in [0.1, 0.15) is 20.9 Å². The summed E-state index contributed by atoms with van der Waals surface area (Å²) in [5.41, 5.74) is -2.54. The van der Waals surface area contributed by atoms with Crippen LogP contribution in [-0.4, -0.2) is 25.0 Å². The number of nitriles is 1. The molecule has 0 unspecified atom stereocenters. The fourth-order valence-corrected chi connectivity index (χ4v) is 3.04. The van der Waals surface area contributed by atoms with Crippen molar-refractivity contribution in [3.63, 3.8) is 0 Å². The van der Waals surface area contributed by atoms with Gasteiger partial charge in [-0.3, -0.25) is 14.6 Å². The quantitative estimate of drug-likeness (QED) is 0.593. The molecule has 2 N–H and O–H groups in total. The smallest absolute Gasteiger partial charge is 0.349 e. The molecule has 0 aliphatic heterocycles. The number of aromatic nitrogens is 5. The van der Waals surface area contributed by atoms with E-state index in [1.165, 1.54) is 18.2 Å². The molecule has 2 heterocycles. The van der Waals surface area contributed by atoms with E-state index in [1.54, 1.807) is 6.07 Å². The van der Waals surface area contributed by atoms with Crippen molar-refractivity contribution in [3.05, 3.63) is 70.1 Å². The zero-order chi connectivity index (χ0) is 22.0. The first-order chi connectivity index (χ1) is 14.2. The summed E-state index contributed by atoms with van der Waals surface area (Å²) >= 11 is 9.50. The van der Waals surface area contributed by atoms with Crippen molar-refractivity contribution in [1.29, 1.82) is 5.26 Å². The zero-order valence-corrected chi connectivity index (χ0v) is 16.0. The Morgan fingerprint density at radius 3 is 2.82 bits per heavy atom. The first-order valence-corrected chi connectivity index (χ1v) is 8.61. The third-order valence-electron chi connectivity index (χ3n) is 3.44. The molecule has 0 aliphatic rings. The van der Waals surface area contributed by atoms with Crippen molar-refractivity contribution in [3.8, 4) is 23.4 Å². The fourth-order valence-electron chi connectivity index (χ4n) is 2.15. The van der Waals surface area contributed by atoms with E-state index in [4.69, 9.17) is 24.3 Å². The highest BCUT2D eigenvalue weighted by Gasteiger charge is 2.15. The molecule has 0 aliphatic carbocycles. The number of halogens is 2. The van der Waals surface area contributed by atoms with Crippen molar-refractivity contribution in [2.45, 2.75) is 13.3 Å². The summed E-state index contributed by atoms with van der Waals surface area (Å²) in [7, 11) is 0. The fraction of sp³-hybridized carbons (Fsp3) is 0.125. The van der Waals surface area contributed by atoms with E-state index in [-0.39, 0.29) is 38.8 Å². The lowest BCUT2D eigenvalue weighted by Gasteiger charge is -2.12. The van der Waals surface area contributed by atoms with Gasteiger partial charge >= 0.3 is 5.69 Å². The lowest BCUT2D eigenvalue weighted by Crippen LogP contribution is -2.33. The minimum absolute atomic E-state index is 0.0196. The summed E-state index contributed by atoms with van der Waals surface area (Å²) in [6.45, 7) is -1.24. The van der Waals surface area contributed by atoms with Crippen molar-refractivity contribution in [2.75, 3.05) is 0 Å². The van der Waals surface area contributed by atoms with Crippen LogP contribution in [-0.2, 0) is 6.42 Å². The molecule has 0 spiro atoms.